The summed E-state index contributed by atoms with van der Waals surface area (Å²) in [5.41, 5.74) is -12.9. The highest BCUT2D eigenvalue weighted by atomic mass is 32.2. The first-order valence-electron chi connectivity index (χ1n) is 49.0. The summed E-state index contributed by atoms with van der Waals surface area (Å²) >= 11 is 0.0884. The van der Waals surface area contributed by atoms with Gasteiger partial charge >= 0.3 is 12.4 Å². The highest BCUT2D eigenvalue weighted by Crippen LogP contribution is 2.36. The normalized spacial score (nSPS) is 24.2. The second kappa shape index (κ2) is 35.1. The number of fused-ring (bicyclic) bond motifs is 2. The molecule has 12 nitrogen and oxygen atoms in total. The van der Waals surface area contributed by atoms with E-state index in [1.54, 1.807) is 0 Å². The maximum absolute atomic E-state index is 15.6. The molecule has 0 N–H and O–H groups in total. The van der Waals surface area contributed by atoms with E-state index in [0.717, 1.165) is 149 Å². The number of ether oxygens (including phenoxy) is 2. The van der Waals surface area contributed by atoms with Gasteiger partial charge in [0, 0.05) is 154 Å². The number of hydrogen-bond acceptors (Lipinski definition) is 10. The Morgan fingerprint density at radius 1 is 0.528 bits per heavy atom. The summed E-state index contributed by atoms with van der Waals surface area (Å²) in [6, 6.07) is 3.83. The van der Waals surface area contributed by atoms with E-state index in [4.69, 9.17) is 39.6 Å². The fourth-order valence-corrected chi connectivity index (χ4v) is 11.7. The number of benzene rings is 8. The summed E-state index contributed by atoms with van der Waals surface area (Å²) in [5.74, 6) is -10.8. The van der Waals surface area contributed by atoms with Crippen molar-refractivity contribution in [2.75, 3.05) is 66.4 Å². The van der Waals surface area contributed by atoms with Crippen molar-refractivity contribution >= 4 is 57.1 Å². The van der Waals surface area contributed by atoms with E-state index < -0.39 is 313 Å². The van der Waals surface area contributed by atoms with E-state index in [0.29, 0.717) is 27.0 Å². The number of hydrogen-bond donors (Lipinski definition) is 0. The van der Waals surface area contributed by atoms with Crippen molar-refractivity contribution in [2.45, 2.75) is 111 Å². The van der Waals surface area contributed by atoms with Crippen LogP contribution in [0.3, 0.4) is 0 Å². The van der Waals surface area contributed by atoms with Crippen molar-refractivity contribution in [3.05, 3.63) is 270 Å². The number of alkyl halides is 6. The topological polar surface area (TPSA) is 110 Å². The van der Waals surface area contributed by atoms with Crippen molar-refractivity contribution in [1.29, 1.82) is 0 Å². The Bertz CT molecular complexity index is 6720. The minimum absolute atomic E-state index is 0.0813. The molecule has 2 aliphatic rings. The number of halogens is 10. The average molecular weight is 1540 g/mol. The van der Waals surface area contributed by atoms with Gasteiger partial charge in [-0.3, -0.25) is 19.2 Å². The first kappa shape index (κ1) is 43.7. The quantitative estimate of drug-likeness (QED) is 0.0428. The number of piperidine rings is 2. The van der Waals surface area contributed by atoms with Crippen LogP contribution >= 0.6 is 23.5 Å². The van der Waals surface area contributed by atoms with E-state index in [-0.39, 0.29) is 50.7 Å². The molecule has 24 heteroatoms. The van der Waals surface area contributed by atoms with Crippen molar-refractivity contribution in [3.63, 3.8) is 0 Å². The fraction of sp³-hybridized carbons (Fsp3) is 0.317. The molecule has 10 aromatic rings. The third-order valence-electron chi connectivity index (χ3n) is 15.1. The van der Waals surface area contributed by atoms with Crippen LogP contribution in [0.15, 0.2) is 201 Å². The molecule has 0 aliphatic carbocycles. The molecule has 2 aliphatic heterocycles. The van der Waals surface area contributed by atoms with Crippen LogP contribution < -0.4 is 10.9 Å². The lowest BCUT2D eigenvalue weighted by atomic mass is 10.00. The maximum Gasteiger partial charge on any atom is 0.416 e. The van der Waals surface area contributed by atoms with Crippen LogP contribution in [0.2, 0.25) is 0 Å². The molecule has 0 saturated carbocycles. The zero-order valence-corrected chi connectivity index (χ0v) is 57.1. The van der Waals surface area contributed by atoms with Crippen LogP contribution in [-0.4, -0.2) is 119 Å². The van der Waals surface area contributed by atoms with Crippen LogP contribution in [0, 0.1) is 37.1 Å². The lowest BCUT2D eigenvalue weighted by Gasteiger charge is -2.39. The third kappa shape index (κ3) is 19.6. The minimum atomic E-state index is -4.73. The molecule has 12 rings (SSSR count). The van der Waals surface area contributed by atoms with Crippen LogP contribution in [-0.2, 0) is 69.0 Å². The predicted molar refractivity (Wildman–Crippen MR) is 395 cm³/mol. The molecular formula is C82H80F10N6O6S2. The van der Waals surface area contributed by atoms with E-state index >= 15 is 14.0 Å². The number of likely N-dealkylation sites (tertiary alicyclic amines) is 2. The molecule has 2 amide bonds. The van der Waals surface area contributed by atoms with E-state index in [9.17, 15) is 68.3 Å². The van der Waals surface area contributed by atoms with Crippen LogP contribution in [0.1, 0.15) is 119 Å². The average Bonchev–Trinajstić information content (AvgIpc) is 0.657. The van der Waals surface area contributed by atoms with Crippen molar-refractivity contribution in [1.82, 2.24) is 28.7 Å². The SMILES string of the molecule is [2H]c1c(C)c([2H])c2c(=O)c([2H])c(SC([2H])([2H])c3cccc(F)c3F)n(CC(=O)N(C([2H])([2H])c3ccc(-c4ccc(C(F)(F)F)cc4)cc3)C3([2H])C([2H])([2H])C([2H])([2H])N(C([2H])([2H])COC)C([2H])([2H])C3([2H])[2H])c2c1[2H].[2H]c1c(C)c([2H])c2c(=O)c([2H])c(SCc3cccc(F)c3F)n(CC(=O)N(C([2H])([2H])c3ccc(-c4ccc(C(F)(F)F)cc4)cc3)C3([2H])C([2H])([2H])C([2H])([2H])N(C([2H])([2H])COC)C([2H])([2H])C3([2H])[2H])c2c1[2H]. The molecule has 2 aromatic heterocycles. The Hall–Kier alpha value is -9.04. The fourth-order valence-electron chi connectivity index (χ4n) is 9.89. The molecular weight excluding hydrogens is 1420 g/mol. The first-order valence-corrected chi connectivity index (χ1v) is 32.8. The summed E-state index contributed by atoms with van der Waals surface area (Å²) in [7, 11) is 1.79. The molecule has 0 radical (unpaired) electrons. The molecule has 4 heterocycles. The number of pyridine rings is 2. The van der Waals surface area contributed by atoms with Crippen LogP contribution in [0.25, 0.3) is 44.1 Å². The second-order valence-corrected chi connectivity index (χ2v) is 24.2. The minimum Gasteiger partial charge on any atom is -0.383 e. The summed E-state index contributed by atoms with van der Waals surface area (Å²) in [6.07, 6.45) is -27.3. The summed E-state index contributed by atoms with van der Waals surface area (Å²) < 4.78 is 475. The van der Waals surface area contributed by atoms with Crippen molar-refractivity contribution < 1.29 is 112 Å². The zero-order valence-electron chi connectivity index (χ0n) is 91.5. The molecule has 0 atom stereocenters. The van der Waals surface area contributed by atoms with Crippen molar-refractivity contribution in [2.24, 2.45) is 0 Å². The third-order valence-corrected chi connectivity index (χ3v) is 17.0. The number of amides is 2. The van der Waals surface area contributed by atoms with Gasteiger partial charge in [-0.1, -0.05) is 120 Å². The standard InChI is InChI=1S/2C41H40F5N3O3S/c2*1-27-6-15-36-34(22-27)37(50)23-39(53-26-31-4-3-5-35(42)40(31)43)49(36)25-38(51)48(33-16-18-47(19-17-33)20-21-52-2)24-28-7-9-29(10-8-28)30-11-13-32(14-12-30)41(44,45)46/h2*3-15,22-23,33H,16-21,24-26H2,1-2H3/i6D,15D,16D2,17D2,18D2,19D2,20D2,22D,23D,24D2,26D2,33D;6D,15D,16D2,17D2,18D2,19D2,20D2,22D,23D,24D2,33D. The molecule has 0 spiro atoms. The zero-order chi connectivity index (χ0) is 108. The summed E-state index contributed by atoms with van der Waals surface area (Å²) in [6.45, 7) is -35.3. The van der Waals surface area contributed by atoms with Gasteiger partial charge in [-0.15, -0.1) is 23.5 Å². The lowest BCUT2D eigenvalue weighted by molar-refractivity contribution is -0.138. The Morgan fingerprint density at radius 2 is 0.896 bits per heavy atom. The van der Waals surface area contributed by atoms with Gasteiger partial charge < -0.3 is 38.2 Å². The van der Waals surface area contributed by atoms with Gasteiger partial charge in [0.1, 0.15) is 13.1 Å². The number of carbonyl (C=O) groups is 2. The number of aromatic nitrogens is 2. The molecule has 0 unspecified atom stereocenters. The van der Waals surface area contributed by atoms with Gasteiger partial charge in [-0.2, -0.15) is 26.3 Å². The molecule has 2 fully saturated rings. The van der Waals surface area contributed by atoms with E-state index in [1.165, 1.54) is 6.92 Å². The van der Waals surface area contributed by atoms with E-state index in [1.807, 2.05) is 0 Å². The van der Waals surface area contributed by atoms with Crippen LogP contribution in [0.4, 0.5) is 43.9 Å². The molecule has 0 bridgehead atoms. The maximum atomic E-state index is 15.6. The number of carbonyl (C=O) groups excluding carboxylic acids is 2. The Morgan fingerprint density at radius 3 is 1.28 bits per heavy atom. The Kier molecular flexibility index (Phi) is 14.5. The van der Waals surface area contributed by atoms with Gasteiger partial charge in [0.25, 0.3) is 0 Å². The van der Waals surface area contributed by atoms with Gasteiger partial charge in [-0.25, -0.2) is 17.6 Å². The van der Waals surface area contributed by atoms with Gasteiger partial charge in [0.05, 0.1) is 64.6 Å². The van der Waals surface area contributed by atoms with Crippen LogP contribution in [0.5, 0.6) is 0 Å². The van der Waals surface area contributed by atoms with Gasteiger partial charge in [-0.05, 0) is 133 Å². The Balaban J connectivity index is 0.000000271. The van der Waals surface area contributed by atoms with Gasteiger partial charge in [0.2, 0.25) is 11.8 Å². The van der Waals surface area contributed by atoms with E-state index in [2.05, 4.69) is 0 Å². The largest absolute Gasteiger partial charge is 0.416 e. The molecule has 8 aromatic carbocycles. The highest BCUT2D eigenvalue weighted by molar-refractivity contribution is 7.98. The Labute approximate surface area is 667 Å². The predicted octanol–water partition coefficient (Wildman–Crippen LogP) is 17.4. The monoisotopic (exact) mass is 1530 g/mol. The summed E-state index contributed by atoms with van der Waals surface area (Å²) in [4.78, 5) is 56.8. The number of methoxy groups -OCH3 is 2. The van der Waals surface area contributed by atoms with Crippen molar-refractivity contribution in [3.8, 4) is 22.3 Å². The molecule has 106 heavy (non-hydrogen) atoms. The number of rotatable bonds is 24. The molecule has 556 valence electrons. The smallest absolute Gasteiger partial charge is 0.383 e. The lowest BCUT2D eigenvalue weighted by Crippen LogP contribution is -2.48. The first-order chi connectivity index (χ1) is 64.7. The highest BCUT2D eigenvalue weighted by Gasteiger charge is 2.34. The number of thioether (sulfide) groups is 2. The number of nitrogens with zero attached hydrogens (tertiary/aromatic N) is 6. The molecule has 2 saturated heterocycles. The second-order valence-electron chi connectivity index (χ2n) is 22.4. The van der Waals surface area contributed by atoms with Gasteiger partial charge in [0.15, 0.2) is 34.1 Å². The summed E-state index contributed by atoms with van der Waals surface area (Å²) in [5, 5.41) is -3.46.